The van der Waals surface area contributed by atoms with Gasteiger partial charge >= 0.3 is 0 Å². The molecule has 3 aromatic carbocycles. The Kier molecular flexibility index (Phi) is 6.28. The highest BCUT2D eigenvalue weighted by Crippen LogP contribution is 2.41. The van der Waals surface area contributed by atoms with Crippen LogP contribution in [-0.4, -0.2) is 51.5 Å². The summed E-state index contributed by atoms with van der Waals surface area (Å²) >= 11 is 12.2. The first-order valence-corrected chi connectivity index (χ1v) is 11.2. The molecule has 170 valence electrons. The maximum atomic E-state index is 15.7. The van der Waals surface area contributed by atoms with E-state index in [4.69, 9.17) is 29.6 Å². The lowest BCUT2D eigenvalue weighted by Gasteiger charge is -2.41. The smallest absolute Gasteiger partial charge is 0.246 e. The maximum Gasteiger partial charge on any atom is 0.246 e. The van der Waals surface area contributed by atoms with Crippen LogP contribution in [0.1, 0.15) is 12.5 Å². The number of piperazine rings is 1. The van der Waals surface area contributed by atoms with Crippen molar-refractivity contribution >= 4 is 51.2 Å². The van der Waals surface area contributed by atoms with Crippen molar-refractivity contribution in [3.8, 4) is 16.9 Å². The van der Waals surface area contributed by atoms with Gasteiger partial charge in [0.2, 0.25) is 5.91 Å². The van der Waals surface area contributed by atoms with Gasteiger partial charge in [-0.05, 0) is 47.5 Å². The van der Waals surface area contributed by atoms with Crippen molar-refractivity contribution in [2.75, 3.05) is 25.4 Å². The van der Waals surface area contributed by atoms with E-state index in [2.05, 4.69) is 6.58 Å². The van der Waals surface area contributed by atoms with Gasteiger partial charge in [0, 0.05) is 36.8 Å². The molecule has 3 N–H and O–H groups in total. The summed E-state index contributed by atoms with van der Waals surface area (Å²) in [5, 5.41) is 11.8. The van der Waals surface area contributed by atoms with Gasteiger partial charge in [-0.1, -0.05) is 54.7 Å². The summed E-state index contributed by atoms with van der Waals surface area (Å²) in [6.45, 7) is 6.89. The Bertz CT molecular complexity index is 1300. The molecule has 0 aliphatic carbocycles. The first-order chi connectivity index (χ1) is 15.7. The number of carbonyl (C=O) groups is 1. The lowest BCUT2D eigenvalue weighted by atomic mass is 9.95. The number of carbonyl (C=O) groups excluding carboxylic acids is 1. The number of halogens is 2. The molecule has 1 atom stereocenters. The van der Waals surface area contributed by atoms with Gasteiger partial charge in [0.05, 0.1) is 10.7 Å². The second-order valence-corrected chi connectivity index (χ2v) is 8.85. The van der Waals surface area contributed by atoms with Gasteiger partial charge in [-0.2, -0.15) is 0 Å². The number of nitrogen functional groups attached to an aromatic ring is 1. The lowest BCUT2D eigenvalue weighted by molar-refractivity contribution is -0.128. The second-order valence-electron chi connectivity index (χ2n) is 8.06. The van der Waals surface area contributed by atoms with Crippen molar-refractivity contribution < 1.29 is 14.3 Å². The molecule has 1 aliphatic rings. The number of fused-ring (bicyclic) bond motifs is 1. The highest BCUT2D eigenvalue weighted by atomic mass is 35.5. The quantitative estimate of drug-likeness (QED) is 0.312. The van der Waals surface area contributed by atoms with Crippen molar-refractivity contribution in [1.29, 1.82) is 0 Å². The van der Waals surface area contributed by atoms with Crippen molar-refractivity contribution in [2.45, 2.75) is 13.0 Å². The first-order valence-electron chi connectivity index (χ1n) is 10.4. The Morgan fingerprint density at radius 3 is 2.73 bits per heavy atom. The van der Waals surface area contributed by atoms with Crippen molar-refractivity contribution in [3.05, 3.63) is 71.5 Å². The van der Waals surface area contributed by atoms with Crippen LogP contribution in [0.5, 0.6) is 5.75 Å². The average Bonchev–Trinajstić information content (AvgIpc) is 2.80. The second kappa shape index (κ2) is 9.00. The SMILES string of the molecule is C=CC(=O)N1CCN(C(=S)c2cc(Cl)c(-c3cc(O)cc4ccccc34)c(F)c2N)C(C)C1. The van der Waals surface area contributed by atoms with E-state index in [1.165, 1.54) is 12.1 Å². The third-order valence-corrected chi connectivity index (χ3v) is 6.73. The summed E-state index contributed by atoms with van der Waals surface area (Å²) < 4.78 is 15.7. The zero-order chi connectivity index (χ0) is 23.9. The minimum atomic E-state index is -0.691. The van der Waals surface area contributed by atoms with E-state index >= 15 is 4.39 Å². The highest BCUT2D eigenvalue weighted by molar-refractivity contribution is 7.80. The van der Waals surface area contributed by atoms with Crippen LogP contribution in [0.25, 0.3) is 21.9 Å². The average molecular weight is 484 g/mol. The number of aromatic hydroxyl groups is 1. The number of hydrogen-bond donors (Lipinski definition) is 2. The molecule has 8 heteroatoms. The number of thiocarbonyl (C=S) groups is 1. The van der Waals surface area contributed by atoms with Crippen LogP contribution in [0.4, 0.5) is 10.1 Å². The molecule has 1 saturated heterocycles. The van der Waals surface area contributed by atoms with Crippen LogP contribution in [0.3, 0.4) is 0 Å². The summed E-state index contributed by atoms with van der Waals surface area (Å²) in [5.74, 6) is -0.828. The molecule has 0 radical (unpaired) electrons. The van der Waals surface area contributed by atoms with Gasteiger partial charge in [-0.3, -0.25) is 4.79 Å². The van der Waals surface area contributed by atoms with E-state index in [0.29, 0.717) is 35.7 Å². The number of rotatable bonds is 3. The molecule has 0 bridgehead atoms. The zero-order valence-corrected chi connectivity index (χ0v) is 19.6. The van der Waals surface area contributed by atoms with Crippen LogP contribution in [0, 0.1) is 5.82 Å². The first kappa shape index (κ1) is 23.0. The standard InChI is InChI=1S/C25H23ClFN3O2S/c1-3-21(32)29-8-9-30(14(2)13-29)25(33)19-12-20(26)22(23(27)24(19)28)18-11-16(31)10-15-6-4-5-7-17(15)18/h3-7,10-12,14,31H,1,8-9,13,28H2,2H3. The van der Waals surface area contributed by atoms with Gasteiger partial charge < -0.3 is 20.6 Å². The van der Waals surface area contributed by atoms with Gasteiger partial charge in [0.1, 0.15) is 10.7 Å². The minimum Gasteiger partial charge on any atom is -0.508 e. The largest absolute Gasteiger partial charge is 0.508 e. The van der Waals surface area contributed by atoms with E-state index in [0.717, 1.165) is 10.8 Å². The molecule has 33 heavy (non-hydrogen) atoms. The molecule has 1 heterocycles. The lowest BCUT2D eigenvalue weighted by Crippen LogP contribution is -2.55. The number of nitrogens with zero attached hydrogens (tertiary/aromatic N) is 2. The summed E-state index contributed by atoms with van der Waals surface area (Å²) in [5.41, 5.74) is 7.02. The van der Waals surface area contributed by atoms with E-state index in [1.807, 2.05) is 36.1 Å². The predicted octanol–water partition coefficient (Wildman–Crippen LogP) is 4.98. The number of amides is 1. The molecule has 1 unspecified atom stereocenters. The molecule has 1 amide bonds. The monoisotopic (exact) mass is 483 g/mol. The molecular weight excluding hydrogens is 461 g/mol. The Hall–Kier alpha value is -3.16. The van der Waals surface area contributed by atoms with E-state index in [9.17, 15) is 9.90 Å². The molecule has 3 aromatic rings. The van der Waals surface area contributed by atoms with Gasteiger partial charge in [-0.15, -0.1) is 0 Å². The third-order valence-electron chi connectivity index (χ3n) is 5.98. The minimum absolute atomic E-state index is 0.00176. The van der Waals surface area contributed by atoms with Crippen LogP contribution >= 0.6 is 23.8 Å². The Morgan fingerprint density at radius 1 is 1.30 bits per heavy atom. The number of phenols is 1. The van der Waals surface area contributed by atoms with Gasteiger partial charge in [0.25, 0.3) is 0 Å². The van der Waals surface area contributed by atoms with Crippen molar-refractivity contribution in [3.63, 3.8) is 0 Å². The van der Waals surface area contributed by atoms with Gasteiger partial charge in [0.15, 0.2) is 5.82 Å². The maximum absolute atomic E-state index is 15.7. The van der Waals surface area contributed by atoms with Crippen molar-refractivity contribution in [2.24, 2.45) is 0 Å². The highest BCUT2D eigenvalue weighted by Gasteiger charge is 2.30. The molecule has 0 aromatic heterocycles. The number of nitrogens with two attached hydrogens (primary N) is 1. The zero-order valence-electron chi connectivity index (χ0n) is 18.0. The normalized spacial score (nSPS) is 16.2. The van der Waals surface area contributed by atoms with Crippen LogP contribution in [0.15, 0.2) is 55.1 Å². The number of phenolic OH excluding ortho intramolecular Hbond substituents is 1. The van der Waals surface area contributed by atoms with Crippen molar-refractivity contribution in [1.82, 2.24) is 9.80 Å². The molecule has 0 spiro atoms. The number of hydrogen-bond acceptors (Lipinski definition) is 4. The Morgan fingerprint density at radius 2 is 2.03 bits per heavy atom. The van der Waals surface area contributed by atoms with Crippen LogP contribution in [0.2, 0.25) is 5.02 Å². The molecular formula is C25H23ClFN3O2S. The summed E-state index contributed by atoms with van der Waals surface area (Å²) in [7, 11) is 0. The van der Waals surface area contributed by atoms with Crippen LogP contribution in [-0.2, 0) is 4.79 Å². The fourth-order valence-electron chi connectivity index (χ4n) is 4.30. The fraction of sp³-hybridized carbons (Fsp3) is 0.200. The summed E-state index contributed by atoms with van der Waals surface area (Å²) in [4.78, 5) is 15.9. The topological polar surface area (TPSA) is 69.8 Å². The molecule has 4 rings (SSSR count). The molecule has 5 nitrogen and oxygen atoms in total. The molecule has 1 aliphatic heterocycles. The molecule has 0 saturated carbocycles. The Balaban J connectivity index is 1.74. The van der Waals surface area contributed by atoms with Crippen LogP contribution < -0.4 is 5.73 Å². The number of benzene rings is 3. The number of anilines is 1. The van der Waals surface area contributed by atoms with E-state index in [1.54, 1.807) is 17.0 Å². The summed E-state index contributed by atoms with van der Waals surface area (Å²) in [6, 6.07) is 11.9. The molecule has 1 fully saturated rings. The third kappa shape index (κ3) is 4.14. The fourth-order valence-corrected chi connectivity index (χ4v) is 5.04. The summed E-state index contributed by atoms with van der Waals surface area (Å²) in [6.07, 6.45) is 1.29. The predicted molar refractivity (Wildman–Crippen MR) is 135 cm³/mol. The Labute approximate surface area is 201 Å². The van der Waals surface area contributed by atoms with Gasteiger partial charge in [-0.25, -0.2) is 4.39 Å². The van der Waals surface area contributed by atoms with E-state index in [-0.39, 0.29) is 34.0 Å². The van der Waals surface area contributed by atoms with E-state index < -0.39 is 5.82 Å².